The fourth-order valence-corrected chi connectivity index (χ4v) is 16.2. The van der Waals surface area contributed by atoms with Gasteiger partial charge in [0.1, 0.15) is 104 Å². The number of aryl methyl sites for hydroxylation is 9. The summed E-state index contributed by atoms with van der Waals surface area (Å²) in [6.45, 7) is 28.0. The first-order valence-electron chi connectivity index (χ1n) is 38.9. The Morgan fingerprint density at radius 3 is 1.22 bits per heavy atom. The van der Waals surface area contributed by atoms with E-state index in [1.165, 1.54) is 30.1 Å². The van der Waals surface area contributed by atoms with Crippen molar-refractivity contribution in [2.45, 2.75) is 161 Å². The smallest absolute Gasteiger partial charge is 0.248 e. The van der Waals surface area contributed by atoms with Crippen molar-refractivity contribution in [1.82, 2.24) is 98.9 Å². The summed E-state index contributed by atoms with van der Waals surface area (Å²) in [7, 11) is 0. The van der Waals surface area contributed by atoms with E-state index in [9.17, 15) is 43.2 Å². The van der Waals surface area contributed by atoms with E-state index in [4.69, 9.17) is 4.98 Å². The summed E-state index contributed by atoms with van der Waals surface area (Å²) in [5, 5.41) is 24.1. The Hall–Kier alpha value is -12.1. The number of aromatic nitrogens is 17. The lowest BCUT2D eigenvalue weighted by Gasteiger charge is -2.24. The van der Waals surface area contributed by atoms with Gasteiger partial charge in [-0.05, 0) is 217 Å². The SMILES string of the molecule is CC(=O)c1nn(CC(=O)N2C[C@H](C)C[C@H]2C(=O)Nc2nc(Br)c(C)cc2C)c2c(C)nc(-c3cnc(C)nc3)cc12.CC(=O)c1nn(CC(=O)N2C[C@H](C)C[C@H]2C(=O)Nc2nc(Br)ccc2C)c2c(C)cc(-c3cnc(C)nc3)cc12.CC(=O)c1nn(CC(=O)N2C[C@H](C)C[C@H]2C(=O)Nc2nc(Br)ccc2C)c2cnc(-c3cnc(C)nc3)cc12. The molecule has 3 N–H and O–H groups in total. The Morgan fingerprint density at radius 1 is 0.383 bits per heavy atom. The highest BCUT2D eigenvalue weighted by Gasteiger charge is 2.42. The third-order valence-corrected chi connectivity index (χ3v) is 23.0. The number of carbonyl (C=O) groups is 9. The maximum Gasteiger partial charge on any atom is 0.248 e. The summed E-state index contributed by atoms with van der Waals surface area (Å²) in [5.41, 5.74) is 11.9. The first-order chi connectivity index (χ1) is 57.0. The number of hydrogen-bond acceptors (Lipinski definition) is 23. The summed E-state index contributed by atoms with van der Waals surface area (Å²) in [5.74, 6) is 1.48. The van der Waals surface area contributed by atoms with Gasteiger partial charge in [0.2, 0.25) is 35.4 Å². The van der Waals surface area contributed by atoms with E-state index in [2.05, 4.69) is 129 Å². The lowest BCUT2D eigenvalue weighted by atomic mass is 10.0. The summed E-state index contributed by atoms with van der Waals surface area (Å²) >= 11 is 10.1. The van der Waals surface area contributed by atoms with Crippen molar-refractivity contribution in [2.75, 3.05) is 35.6 Å². The Balaban J connectivity index is 0.000000156. The monoisotopic (exact) mass is 1810 g/mol. The van der Waals surface area contributed by atoms with Crippen molar-refractivity contribution in [3.05, 3.63) is 180 Å². The van der Waals surface area contributed by atoms with Crippen LogP contribution in [0.5, 0.6) is 0 Å². The molecule has 14 heterocycles. The molecule has 3 aliphatic rings. The van der Waals surface area contributed by atoms with Gasteiger partial charge in [-0.25, -0.2) is 44.9 Å². The van der Waals surface area contributed by atoms with Gasteiger partial charge in [0.15, 0.2) is 17.3 Å². The van der Waals surface area contributed by atoms with E-state index < -0.39 is 18.1 Å². The maximum absolute atomic E-state index is 13.7. The predicted octanol–water partition coefficient (Wildman–Crippen LogP) is 12.8. The highest BCUT2D eigenvalue weighted by Crippen LogP contribution is 2.36. The number of rotatable bonds is 18. The Labute approximate surface area is 715 Å². The number of likely N-dealkylation sites (tertiary alicyclic amines) is 3. The average Bonchev–Trinajstić information content (AvgIpc) is 1.61. The summed E-state index contributed by atoms with van der Waals surface area (Å²) in [6.07, 6.45) is 13.4. The number of hydrogen-bond donors (Lipinski definition) is 3. The van der Waals surface area contributed by atoms with Crippen LogP contribution in [0.2, 0.25) is 0 Å². The number of nitrogens with one attached hydrogen (secondary N) is 3. The largest absolute Gasteiger partial charge is 0.329 e. The molecule has 3 aliphatic heterocycles. The van der Waals surface area contributed by atoms with E-state index in [-0.39, 0.29) is 102 Å². The van der Waals surface area contributed by atoms with Gasteiger partial charge >= 0.3 is 0 Å². The molecule has 618 valence electrons. The number of carbonyl (C=O) groups excluding carboxylic acids is 9. The molecule has 0 spiro atoms. The van der Waals surface area contributed by atoms with Gasteiger partial charge in [-0.2, -0.15) is 15.3 Å². The number of ketones is 3. The number of pyridine rings is 5. The zero-order chi connectivity index (χ0) is 86.1. The number of halogens is 3. The van der Waals surface area contributed by atoms with Crippen molar-refractivity contribution in [2.24, 2.45) is 17.8 Å². The Morgan fingerprint density at radius 2 is 0.767 bits per heavy atom. The normalized spacial score (nSPS) is 16.9. The molecule has 6 atom stereocenters. The third kappa shape index (κ3) is 18.8. The average molecular weight is 1820 g/mol. The summed E-state index contributed by atoms with van der Waals surface area (Å²) in [4.78, 5) is 171. The molecule has 0 saturated carbocycles. The summed E-state index contributed by atoms with van der Waals surface area (Å²) < 4.78 is 6.45. The zero-order valence-corrected chi connectivity index (χ0v) is 73.6. The van der Waals surface area contributed by atoms with Crippen molar-refractivity contribution in [1.29, 1.82) is 0 Å². The van der Waals surface area contributed by atoms with Crippen LogP contribution in [0.3, 0.4) is 0 Å². The molecular weight excluding hydrogens is 1730 g/mol. The number of Topliss-reactive ketones (excluding diaryl/α,β-unsaturated/α-hetero) is 3. The Bertz CT molecular complexity index is 6110. The van der Waals surface area contributed by atoms with E-state index in [0.29, 0.717) is 154 Å². The lowest BCUT2D eigenvalue weighted by molar-refractivity contribution is -0.137. The maximum atomic E-state index is 13.7. The van der Waals surface area contributed by atoms with Crippen LogP contribution in [-0.2, 0) is 48.4 Å². The predicted molar refractivity (Wildman–Crippen MR) is 460 cm³/mol. The molecule has 0 bridgehead atoms. The van der Waals surface area contributed by atoms with Crippen molar-refractivity contribution < 1.29 is 43.2 Å². The first kappa shape index (κ1) is 85.8. The van der Waals surface area contributed by atoms with Crippen molar-refractivity contribution in [3.8, 4) is 33.6 Å². The van der Waals surface area contributed by atoms with E-state index in [0.717, 1.165) is 38.9 Å². The molecule has 120 heavy (non-hydrogen) atoms. The zero-order valence-electron chi connectivity index (χ0n) is 68.8. The van der Waals surface area contributed by atoms with Gasteiger partial charge in [0.05, 0.1) is 39.8 Å². The first-order valence-corrected chi connectivity index (χ1v) is 41.3. The van der Waals surface area contributed by atoms with Crippen molar-refractivity contribution in [3.63, 3.8) is 0 Å². The fourth-order valence-electron chi connectivity index (χ4n) is 15.3. The number of amides is 6. The minimum Gasteiger partial charge on any atom is -0.329 e. The molecule has 32 nitrogen and oxygen atoms in total. The molecule has 12 aromatic rings. The molecule has 0 radical (unpaired) electrons. The van der Waals surface area contributed by atoms with Crippen LogP contribution in [0.25, 0.3) is 66.4 Å². The van der Waals surface area contributed by atoms with Gasteiger partial charge < -0.3 is 30.7 Å². The highest BCUT2D eigenvalue weighted by atomic mass is 79.9. The van der Waals surface area contributed by atoms with Crippen LogP contribution >= 0.6 is 47.8 Å². The van der Waals surface area contributed by atoms with Crippen molar-refractivity contribution >= 4 is 151 Å². The number of nitrogens with zero attached hydrogens (tertiary/aromatic N) is 20. The van der Waals surface area contributed by atoms with Gasteiger partial charge in [0.25, 0.3) is 0 Å². The molecule has 3 saturated heterocycles. The number of anilines is 3. The van der Waals surface area contributed by atoms with E-state index >= 15 is 0 Å². The van der Waals surface area contributed by atoms with Gasteiger partial charge in [-0.15, -0.1) is 0 Å². The van der Waals surface area contributed by atoms with Crippen LogP contribution in [0.1, 0.15) is 143 Å². The molecule has 0 unspecified atom stereocenters. The second-order valence-electron chi connectivity index (χ2n) is 31.0. The summed E-state index contributed by atoms with van der Waals surface area (Å²) in [6, 6.07) is 14.7. The second kappa shape index (κ2) is 35.8. The fraction of sp³-hybridized carbons (Fsp3) is 0.353. The third-order valence-electron chi connectivity index (χ3n) is 21.3. The second-order valence-corrected chi connectivity index (χ2v) is 33.4. The van der Waals surface area contributed by atoms with Gasteiger partial charge in [0, 0.05) is 110 Å². The molecular formula is C85H88Br3N23O9. The number of fused-ring (bicyclic) bond motifs is 3. The molecule has 6 amide bonds. The van der Waals surface area contributed by atoms with Gasteiger partial charge in [-0.3, -0.25) is 67.2 Å². The molecule has 3 fully saturated rings. The quantitative estimate of drug-likeness (QED) is 0.0530. The highest BCUT2D eigenvalue weighted by molar-refractivity contribution is 9.11. The molecule has 0 aliphatic carbocycles. The van der Waals surface area contributed by atoms with Crippen LogP contribution in [0.4, 0.5) is 17.5 Å². The minimum absolute atomic E-state index is 0.0950. The van der Waals surface area contributed by atoms with Gasteiger partial charge in [-0.1, -0.05) is 39.0 Å². The van der Waals surface area contributed by atoms with Crippen LogP contribution in [0, 0.1) is 80.1 Å². The Kier molecular flexibility index (Phi) is 25.6. The van der Waals surface area contributed by atoms with Crippen LogP contribution in [0.15, 0.2) is 112 Å². The lowest BCUT2D eigenvalue weighted by Crippen LogP contribution is -2.44. The van der Waals surface area contributed by atoms with Crippen LogP contribution < -0.4 is 16.0 Å². The molecule has 1 aromatic carbocycles. The van der Waals surface area contributed by atoms with E-state index in [1.807, 2.05) is 106 Å². The molecule has 35 heteroatoms. The number of benzene rings is 1. The topological polar surface area (TPSA) is 395 Å². The van der Waals surface area contributed by atoms with Crippen LogP contribution in [-0.4, -0.2) is 189 Å². The van der Waals surface area contributed by atoms with E-state index in [1.54, 1.807) is 94.8 Å². The standard InChI is InChI=1S/C29H31BrN8O3.C29H30BrN7O3.C27H27BrN8O3/c1-14-7-23(29(41)35-28-16(3)8-15(2)27(30)34-28)37(12-14)24(40)13-38-26-17(4)33-22(20-10-31-19(6)32-11-20)9-21(26)25(36-38)18(5)39;1-15-8-23(29(40)34-28-16(2)6-7-24(30)33-28)36(13-15)25(39)14-37-27-17(3)9-20(21-11-31-19(5)32-12-21)10-22(27)26(35-37)18(4)38;1-14-7-21(27(39)33-26-15(2)5-6-23(28)32-26)35(12-14)24(38)13-36-22-11-31-20(18-9-29-17(4)30-10-18)8-19(22)25(34-36)16(3)37/h8-11,14,23H,7,12-13H2,1-6H3,(H,34,35,41);6-7,9-12,15,23H,8,13-14H2,1-5H3,(H,33,34,40);5-6,8-11,14,21H,7,12-13H2,1-4H3,(H,32,33,39)/t14-,23+;15-,23+;14-,21+/m111/s1. The molecule has 11 aromatic heterocycles. The minimum atomic E-state index is -0.653. The molecule has 15 rings (SSSR count).